The van der Waals surface area contributed by atoms with E-state index in [2.05, 4.69) is 23.3 Å². The van der Waals surface area contributed by atoms with Crippen LogP contribution < -0.4 is 0 Å². The van der Waals surface area contributed by atoms with Crippen LogP contribution in [0.3, 0.4) is 0 Å². The zero-order chi connectivity index (χ0) is 11.1. The molecule has 0 N–H and O–H groups in total. The van der Waals surface area contributed by atoms with Gasteiger partial charge in [-0.05, 0) is 19.7 Å². The normalized spacial score (nSPS) is 8.57. The number of aryl methyl sites for hydroxylation is 1. The van der Waals surface area contributed by atoms with Gasteiger partial charge in [0.2, 0.25) is 0 Å². The molecule has 0 bridgehead atoms. The maximum Gasteiger partial charge on any atom is 0.146 e. The minimum Gasteiger partial charge on any atom is -0.262 e. The van der Waals surface area contributed by atoms with Gasteiger partial charge in [0.25, 0.3) is 0 Å². The first kappa shape index (κ1) is 12.5. The molecule has 0 spiro atoms. The monoisotopic (exact) mass is 194 g/mol. The van der Waals surface area contributed by atoms with E-state index >= 15 is 0 Å². The number of aliphatic imine (C=N–C) groups is 1. The summed E-state index contributed by atoms with van der Waals surface area (Å²) < 4.78 is 12.9. The fraction of sp³-hybridized carbons (Fsp3) is 0.273. The van der Waals surface area contributed by atoms with Gasteiger partial charge in [-0.3, -0.25) is 4.99 Å². The van der Waals surface area contributed by atoms with Crippen molar-refractivity contribution >= 4 is 18.5 Å². The first-order chi connectivity index (χ1) is 6.69. The Morgan fingerprint density at radius 2 is 2.07 bits per heavy atom. The van der Waals surface area contributed by atoms with E-state index in [0.717, 1.165) is 0 Å². The molecule has 2 nitrogen and oxygen atoms in total. The molecule has 0 atom stereocenters. The molecule has 0 fully saturated rings. The van der Waals surface area contributed by atoms with Gasteiger partial charge in [0.15, 0.2) is 0 Å². The van der Waals surface area contributed by atoms with Gasteiger partial charge in [0.05, 0.1) is 17.1 Å². The minimum atomic E-state index is -0.372. The second-order valence-electron chi connectivity index (χ2n) is 2.32. The number of pyridine rings is 1. The summed E-state index contributed by atoms with van der Waals surface area (Å²) >= 11 is 0. The molecule has 0 unspecified atom stereocenters. The molecule has 0 aliphatic carbocycles. The number of rotatable bonds is 2. The minimum absolute atomic E-state index is 0.345. The highest BCUT2D eigenvalue weighted by molar-refractivity contribution is 5.61. The predicted molar refractivity (Wildman–Crippen MR) is 59.6 cm³/mol. The number of nitrogens with zero attached hydrogens (tertiary/aromatic N) is 2. The highest BCUT2D eigenvalue weighted by Gasteiger charge is 2.04. The number of halogens is 1. The Morgan fingerprint density at radius 1 is 1.50 bits per heavy atom. The Balaban J connectivity index is 0.000000791. The molecule has 0 amide bonds. The van der Waals surface area contributed by atoms with Crippen LogP contribution >= 0.6 is 0 Å². The van der Waals surface area contributed by atoms with Crippen molar-refractivity contribution in [3.05, 3.63) is 29.9 Å². The van der Waals surface area contributed by atoms with Crippen molar-refractivity contribution in [1.29, 1.82) is 0 Å². The average molecular weight is 194 g/mol. The van der Waals surface area contributed by atoms with Crippen LogP contribution in [0.4, 0.5) is 10.1 Å². The fourth-order valence-corrected chi connectivity index (χ4v) is 0.867. The Morgan fingerprint density at radius 3 is 2.50 bits per heavy atom. The Hall–Kier alpha value is -1.51. The lowest BCUT2D eigenvalue weighted by Crippen LogP contribution is -1.90. The molecule has 0 aromatic carbocycles. The van der Waals surface area contributed by atoms with Gasteiger partial charge >= 0.3 is 0 Å². The van der Waals surface area contributed by atoms with Gasteiger partial charge in [0.1, 0.15) is 5.82 Å². The third-order valence-corrected chi connectivity index (χ3v) is 1.52. The maximum absolute atomic E-state index is 12.9. The van der Waals surface area contributed by atoms with Crippen LogP contribution in [-0.4, -0.2) is 11.7 Å². The van der Waals surface area contributed by atoms with Gasteiger partial charge in [-0.25, -0.2) is 9.37 Å². The molecule has 0 aliphatic heterocycles. The summed E-state index contributed by atoms with van der Waals surface area (Å²) in [5.41, 5.74) is 1.33. The molecule has 14 heavy (non-hydrogen) atoms. The largest absolute Gasteiger partial charge is 0.262 e. The predicted octanol–water partition coefficient (Wildman–Crippen LogP) is 3.53. The molecular formula is C11H15FN2. The van der Waals surface area contributed by atoms with Crippen molar-refractivity contribution < 1.29 is 4.39 Å². The summed E-state index contributed by atoms with van der Waals surface area (Å²) in [4.78, 5) is 7.55. The van der Waals surface area contributed by atoms with Crippen molar-refractivity contribution in [3.8, 4) is 0 Å². The highest BCUT2D eigenvalue weighted by Crippen LogP contribution is 2.20. The molecule has 1 rings (SSSR count). The number of aromatic nitrogens is 1. The van der Waals surface area contributed by atoms with Crippen LogP contribution in [0.5, 0.6) is 0 Å². The van der Waals surface area contributed by atoms with E-state index in [1.807, 2.05) is 13.8 Å². The zero-order valence-electron chi connectivity index (χ0n) is 8.84. The standard InChI is InChI=1S/C9H9FN2.C2H6/c1-4-8-9(11-3)5-7(10)6(2)12-8;1-2/h4-5H,1,3H2,2H3;1-2H3. The van der Waals surface area contributed by atoms with E-state index in [9.17, 15) is 4.39 Å². The summed E-state index contributed by atoms with van der Waals surface area (Å²) in [7, 11) is 0. The first-order valence-electron chi connectivity index (χ1n) is 4.45. The van der Waals surface area contributed by atoms with Crippen molar-refractivity contribution in [2.75, 3.05) is 0 Å². The molecular weight excluding hydrogens is 179 g/mol. The third kappa shape index (κ3) is 2.76. The molecule has 0 radical (unpaired) electrons. The van der Waals surface area contributed by atoms with Crippen LogP contribution in [0.15, 0.2) is 17.6 Å². The van der Waals surface area contributed by atoms with E-state index in [-0.39, 0.29) is 5.82 Å². The molecule has 0 saturated heterocycles. The summed E-state index contributed by atoms with van der Waals surface area (Å²) in [6.07, 6.45) is 1.52. The van der Waals surface area contributed by atoms with E-state index in [4.69, 9.17) is 0 Å². The first-order valence-corrected chi connectivity index (χ1v) is 4.45. The molecule has 3 heteroatoms. The van der Waals surface area contributed by atoms with Crippen LogP contribution in [0.25, 0.3) is 6.08 Å². The molecule has 1 aromatic heterocycles. The average Bonchev–Trinajstić information content (AvgIpc) is 2.24. The second-order valence-corrected chi connectivity index (χ2v) is 2.32. The molecule has 1 heterocycles. The Bertz CT molecular complexity index is 299. The van der Waals surface area contributed by atoms with Crippen LogP contribution in [0.2, 0.25) is 0 Å². The van der Waals surface area contributed by atoms with Crippen LogP contribution in [-0.2, 0) is 0 Å². The van der Waals surface area contributed by atoms with Crippen molar-refractivity contribution in [3.63, 3.8) is 0 Å². The van der Waals surface area contributed by atoms with E-state index in [0.29, 0.717) is 17.1 Å². The van der Waals surface area contributed by atoms with E-state index in [1.165, 1.54) is 12.1 Å². The zero-order valence-corrected chi connectivity index (χ0v) is 8.84. The van der Waals surface area contributed by atoms with Crippen LogP contribution in [0, 0.1) is 12.7 Å². The Labute approximate surface area is 84.2 Å². The van der Waals surface area contributed by atoms with Crippen LogP contribution in [0.1, 0.15) is 25.2 Å². The van der Waals surface area contributed by atoms with Crippen molar-refractivity contribution in [2.24, 2.45) is 4.99 Å². The Kier molecular flexibility index (Phi) is 5.37. The van der Waals surface area contributed by atoms with Gasteiger partial charge in [-0.2, -0.15) is 0 Å². The summed E-state index contributed by atoms with van der Waals surface area (Å²) in [5, 5.41) is 0. The SMILES string of the molecule is C=Cc1nc(C)c(F)cc1N=C.CC. The van der Waals surface area contributed by atoms with Crippen molar-refractivity contribution in [1.82, 2.24) is 4.98 Å². The maximum atomic E-state index is 12.9. The lowest BCUT2D eigenvalue weighted by atomic mass is 10.2. The highest BCUT2D eigenvalue weighted by atomic mass is 19.1. The van der Waals surface area contributed by atoms with Crippen molar-refractivity contribution in [2.45, 2.75) is 20.8 Å². The lowest BCUT2D eigenvalue weighted by molar-refractivity contribution is 0.610. The lowest BCUT2D eigenvalue weighted by Gasteiger charge is -2.01. The van der Waals surface area contributed by atoms with Gasteiger partial charge in [-0.1, -0.05) is 20.4 Å². The third-order valence-electron chi connectivity index (χ3n) is 1.52. The molecule has 76 valence electrons. The van der Waals surface area contributed by atoms with Gasteiger partial charge in [0, 0.05) is 6.07 Å². The summed E-state index contributed by atoms with van der Waals surface area (Å²) in [6.45, 7) is 12.4. The second kappa shape index (κ2) is 6.02. The van der Waals surface area contributed by atoms with E-state index in [1.54, 1.807) is 6.92 Å². The molecule has 0 saturated carbocycles. The van der Waals surface area contributed by atoms with Gasteiger partial charge in [-0.15, -0.1) is 0 Å². The molecule has 1 aromatic rings. The molecule has 0 aliphatic rings. The summed E-state index contributed by atoms with van der Waals surface area (Å²) in [5.74, 6) is -0.372. The number of hydrogen-bond acceptors (Lipinski definition) is 2. The number of hydrogen-bond donors (Lipinski definition) is 0. The topological polar surface area (TPSA) is 25.2 Å². The quantitative estimate of drug-likeness (QED) is 0.661. The summed E-state index contributed by atoms with van der Waals surface area (Å²) in [6, 6.07) is 1.30. The van der Waals surface area contributed by atoms with Gasteiger partial charge < -0.3 is 0 Å². The fourth-order valence-electron chi connectivity index (χ4n) is 0.867. The van der Waals surface area contributed by atoms with E-state index < -0.39 is 0 Å². The smallest absolute Gasteiger partial charge is 0.146 e.